The second-order valence-corrected chi connectivity index (χ2v) is 2.42. The molecule has 1 rings (SSSR count). The Kier molecular flexibility index (Phi) is 1.52. The maximum Gasteiger partial charge on any atom is -0.0202 e. The van der Waals surface area contributed by atoms with E-state index in [1.807, 2.05) is 12.2 Å². The molecule has 1 fully saturated rings. The normalized spacial score (nSPS) is 34.0. The quantitative estimate of drug-likeness (QED) is 0.487. The van der Waals surface area contributed by atoms with Crippen LogP contribution in [0.25, 0.3) is 0 Å². The third-order valence-electron chi connectivity index (χ3n) is 1.75. The van der Waals surface area contributed by atoms with Crippen LogP contribution in [0, 0.1) is 11.8 Å². The summed E-state index contributed by atoms with van der Waals surface area (Å²) < 4.78 is 0. The zero-order valence-electron chi connectivity index (χ0n) is 5.14. The summed E-state index contributed by atoms with van der Waals surface area (Å²) in [4.78, 5) is 0. The van der Waals surface area contributed by atoms with Gasteiger partial charge in [0.1, 0.15) is 0 Å². The second kappa shape index (κ2) is 2.17. The maximum absolute atomic E-state index is 3.72. The summed E-state index contributed by atoms with van der Waals surface area (Å²) in [5.74, 6) is 1.71. The van der Waals surface area contributed by atoms with E-state index in [0.717, 1.165) is 11.8 Å². The van der Waals surface area contributed by atoms with Gasteiger partial charge in [-0.3, -0.25) is 0 Å². The second-order valence-electron chi connectivity index (χ2n) is 2.42. The predicted molar refractivity (Wildman–Crippen MR) is 36.6 cm³/mol. The van der Waals surface area contributed by atoms with Crippen molar-refractivity contribution in [3.63, 3.8) is 0 Å². The first-order valence-corrected chi connectivity index (χ1v) is 3.12. The van der Waals surface area contributed by atoms with Crippen LogP contribution in [0.2, 0.25) is 0 Å². The largest absolute Gasteiger partial charge is 0.103 e. The summed E-state index contributed by atoms with van der Waals surface area (Å²) in [6.07, 6.45) is 6.56. The fraction of sp³-hybridized carbons (Fsp3) is 0.500. The van der Waals surface area contributed by atoms with Gasteiger partial charge in [0.25, 0.3) is 0 Å². The van der Waals surface area contributed by atoms with Gasteiger partial charge in [-0.15, -0.1) is 13.2 Å². The van der Waals surface area contributed by atoms with Crippen molar-refractivity contribution in [2.45, 2.75) is 12.8 Å². The molecule has 8 heavy (non-hydrogen) atoms. The third-order valence-corrected chi connectivity index (χ3v) is 1.75. The number of rotatable bonds is 3. The van der Waals surface area contributed by atoms with E-state index in [0.29, 0.717) is 0 Å². The molecule has 0 spiro atoms. The van der Waals surface area contributed by atoms with Gasteiger partial charge in [0.2, 0.25) is 0 Å². The van der Waals surface area contributed by atoms with Crippen molar-refractivity contribution in [1.82, 2.24) is 0 Å². The molecule has 0 aromatic carbocycles. The van der Waals surface area contributed by atoms with E-state index in [-0.39, 0.29) is 0 Å². The summed E-state index contributed by atoms with van der Waals surface area (Å²) in [5, 5.41) is 0. The molecule has 0 aliphatic heterocycles. The Balaban J connectivity index is 2.16. The van der Waals surface area contributed by atoms with Crippen LogP contribution in [-0.2, 0) is 0 Å². The van der Waals surface area contributed by atoms with Crippen LogP contribution in [-0.4, -0.2) is 0 Å². The highest BCUT2D eigenvalue weighted by Gasteiger charge is 2.32. The summed E-state index contributed by atoms with van der Waals surface area (Å²) in [5.41, 5.74) is 0. The molecule has 0 amide bonds. The monoisotopic (exact) mass is 108 g/mol. The molecule has 0 heterocycles. The van der Waals surface area contributed by atoms with Gasteiger partial charge in [-0.05, 0) is 24.7 Å². The summed E-state index contributed by atoms with van der Waals surface area (Å²) >= 11 is 0. The lowest BCUT2D eigenvalue weighted by molar-refractivity contribution is 0.809. The molecule has 0 bridgehead atoms. The minimum atomic E-state index is 0.813. The van der Waals surface area contributed by atoms with E-state index < -0.39 is 0 Å². The highest BCUT2D eigenvalue weighted by Crippen LogP contribution is 2.41. The minimum absolute atomic E-state index is 0.813. The average molecular weight is 108 g/mol. The molecule has 0 nitrogen and oxygen atoms in total. The number of allylic oxidation sites excluding steroid dienone is 2. The fourth-order valence-electron chi connectivity index (χ4n) is 1.04. The van der Waals surface area contributed by atoms with Crippen LogP contribution in [0.15, 0.2) is 25.3 Å². The van der Waals surface area contributed by atoms with Crippen LogP contribution in [0.5, 0.6) is 0 Å². The Morgan fingerprint density at radius 1 is 1.50 bits per heavy atom. The molecule has 0 radical (unpaired) electrons. The van der Waals surface area contributed by atoms with Crippen molar-refractivity contribution in [1.29, 1.82) is 0 Å². The highest BCUT2D eigenvalue weighted by atomic mass is 14.4. The van der Waals surface area contributed by atoms with Crippen molar-refractivity contribution >= 4 is 0 Å². The molecule has 0 aromatic heterocycles. The van der Waals surface area contributed by atoms with E-state index in [1.165, 1.54) is 12.8 Å². The molecular formula is C8H12. The van der Waals surface area contributed by atoms with Gasteiger partial charge in [0, 0.05) is 0 Å². The van der Waals surface area contributed by atoms with Crippen molar-refractivity contribution in [2.24, 2.45) is 11.8 Å². The van der Waals surface area contributed by atoms with E-state index in [9.17, 15) is 0 Å². The molecule has 0 saturated heterocycles. The smallest absolute Gasteiger partial charge is 0.0202 e. The van der Waals surface area contributed by atoms with E-state index >= 15 is 0 Å². The Bertz CT molecular complexity index is 103. The van der Waals surface area contributed by atoms with Crippen LogP contribution < -0.4 is 0 Å². The van der Waals surface area contributed by atoms with Crippen molar-refractivity contribution in [3.05, 3.63) is 25.3 Å². The highest BCUT2D eigenvalue weighted by molar-refractivity contribution is 5.00. The van der Waals surface area contributed by atoms with Gasteiger partial charge in [0.15, 0.2) is 0 Å². The van der Waals surface area contributed by atoms with Crippen LogP contribution >= 0.6 is 0 Å². The fourth-order valence-corrected chi connectivity index (χ4v) is 1.04. The van der Waals surface area contributed by atoms with E-state index in [4.69, 9.17) is 0 Å². The summed E-state index contributed by atoms with van der Waals surface area (Å²) in [6, 6.07) is 0. The molecule has 1 saturated carbocycles. The molecule has 0 N–H and O–H groups in total. The zero-order chi connectivity index (χ0) is 5.98. The maximum atomic E-state index is 3.72. The third kappa shape index (κ3) is 1.00. The van der Waals surface area contributed by atoms with Gasteiger partial charge in [0.05, 0.1) is 0 Å². The van der Waals surface area contributed by atoms with Gasteiger partial charge in [-0.1, -0.05) is 12.2 Å². The molecule has 0 heteroatoms. The molecule has 1 aliphatic rings. The number of hydrogen-bond donors (Lipinski definition) is 0. The average Bonchev–Trinajstić information content (AvgIpc) is 2.48. The van der Waals surface area contributed by atoms with Crippen molar-refractivity contribution in [3.8, 4) is 0 Å². The van der Waals surface area contributed by atoms with Gasteiger partial charge < -0.3 is 0 Å². The first-order valence-electron chi connectivity index (χ1n) is 3.12. The van der Waals surface area contributed by atoms with E-state index in [1.54, 1.807) is 0 Å². The first kappa shape index (κ1) is 5.61. The van der Waals surface area contributed by atoms with Crippen LogP contribution in [0.1, 0.15) is 12.8 Å². The first-order chi connectivity index (χ1) is 3.88. The molecule has 1 aliphatic carbocycles. The number of hydrogen-bond acceptors (Lipinski definition) is 0. The lowest BCUT2D eigenvalue weighted by atomic mass is 10.2. The standard InChI is InChI=1S/C8H12/c1-3-5-8-6-7(8)4-2/h3-4,7-8H,1-2,5-6H2. The Labute approximate surface area is 50.9 Å². The van der Waals surface area contributed by atoms with Crippen molar-refractivity contribution in [2.75, 3.05) is 0 Å². The SMILES string of the molecule is C=CCC1CC1C=C. The topological polar surface area (TPSA) is 0 Å². The van der Waals surface area contributed by atoms with E-state index in [2.05, 4.69) is 13.2 Å². The molecule has 2 atom stereocenters. The van der Waals surface area contributed by atoms with Gasteiger partial charge in [-0.25, -0.2) is 0 Å². The Hall–Kier alpha value is -0.520. The lowest BCUT2D eigenvalue weighted by Gasteiger charge is -1.83. The molecule has 2 unspecified atom stereocenters. The van der Waals surface area contributed by atoms with Gasteiger partial charge >= 0.3 is 0 Å². The molecular weight excluding hydrogens is 96.1 g/mol. The van der Waals surface area contributed by atoms with Crippen molar-refractivity contribution < 1.29 is 0 Å². The minimum Gasteiger partial charge on any atom is -0.103 e. The molecule has 44 valence electrons. The van der Waals surface area contributed by atoms with Crippen LogP contribution in [0.4, 0.5) is 0 Å². The Morgan fingerprint density at radius 2 is 2.25 bits per heavy atom. The predicted octanol–water partition coefficient (Wildman–Crippen LogP) is 2.38. The Morgan fingerprint density at radius 3 is 2.62 bits per heavy atom. The zero-order valence-corrected chi connectivity index (χ0v) is 5.14. The van der Waals surface area contributed by atoms with Crippen LogP contribution in [0.3, 0.4) is 0 Å². The lowest BCUT2D eigenvalue weighted by Crippen LogP contribution is -1.72. The van der Waals surface area contributed by atoms with Gasteiger partial charge in [-0.2, -0.15) is 0 Å². The summed E-state index contributed by atoms with van der Waals surface area (Å²) in [7, 11) is 0. The molecule has 0 aromatic rings. The summed E-state index contributed by atoms with van der Waals surface area (Å²) in [6.45, 7) is 7.40.